The highest BCUT2D eigenvalue weighted by Gasteiger charge is 2.15. The van der Waals surface area contributed by atoms with Crippen molar-refractivity contribution in [1.82, 2.24) is 9.97 Å². The number of rotatable bonds is 6. The molecule has 0 fully saturated rings. The number of pyridine rings is 2. The van der Waals surface area contributed by atoms with E-state index in [-0.39, 0.29) is 0 Å². The van der Waals surface area contributed by atoms with Gasteiger partial charge in [0.25, 0.3) is 0 Å². The van der Waals surface area contributed by atoms with E-state index in [0.29, 0.717) is 0 Å². The lowest BCUT2D eigenvalue weighted by Crippen LogP contribution is -2.09. The van der Waals surface area contributed by atoms with Crippen LogP contribution in [-0.4, -0.2) is 9.97 Å². The SMILES string of the molecule is c1ccc2cc(-c3ccc4c(ccc5cc(N(c6ccc(-c7ccc8cccnc8c7)cc6)c6ccc(-c7ccc8cccnc8c7)cc6)ccc54)c3)ccc2c1. The summed E-state index contributed by atoms with van der Waals surface area (Å²) in [4.78, 5) is 11.5. The standard InChI is InChI=1S/C54H35N3/c1-2-6-41-31-42(12-9-36(41)5-1)43-21-27-51-46(32-43)15-16-47-33-50(26-28-52(47)51)57(48-22-17-37(18-23-48)44-13-10-39-7-3-29-55-53(39)34-44)49-24-19-38(20-25-49)45-14-11-40-8-4-30-56-54(40)35-45/h1-35H. The van der Waals surface area contributed by atoms with Crippen LogP contribution < -0.4 is 4.90 Å². The van der Waals surface area contributed by atoms with Crippen LogP contribution in [0.25, 0.3) is 87.5 Å². The van der Waals surface area contributed by atoms with Crippen molar-refractivity contribution >= 4 is 71.2 Å². The second kappa shape index (κ2) is 13.6. The summed E-state index contributed by atoms with van der Waals surface area (Å²) >= 11 is 0. The summed E-state index contributed by atoms with van der Waals surface area (Å²) in [6.07, 6.45) is 3.70. The highest BCUT2D eigenvalue weighted by molar-refractivity contribution is 6.09. The van der Waals surface area contributed by atoms with Crippen molar-refractivity contribution in [3.8, 4) is 33.4 Å². The Morgan fingerprint density at radius 2 is 0.667 bits per heavy atom. The highest BCUT2D eigenvalue weighted by Crippen LogP contribution is 2.40. The van der Waals surface area contributed by atoms with Gasteiger partial charge in [-0.05, 0) is 138 Å². The molecule has 0 aliphatic carbocycles. The molecule has 0 unspecified atom stereocenters. The fourth-order valence-corrected chi connectivity index (χ4v) is 8.29. The Bertz CT molecular complexity index is 3170. The molecule has 0 saturated carbocycles. The number of hydrogen-bond acceptors (Lipinski definition) is 3. The van der Waals surface area contributed by atoms with Crippen LogP contribution in [0.2, 0.25) is 0 Å². The number of fused-ring (bicyclic) bond motifs is 6. The summed E-state index contributed by atoms with van der Waals surface area (Å²) in [5, 5.41) is 9.71. The molecule has 11 rings (SSSR count). The average Bonchev–Trinajstić information content (AvgIpc) is 3.29. The van der Waals surface area contributed by atoms with Gasteiger partial charge in [0.05, 0.1) is 11.0 Å². The van der Waals surface area contributed by atoms with Gasteiger partial charge in [-0.15, -0.1) is 0 Å². The van der Waals surface area contributed by atoms with Crippen LogP contribution in [0.1, 0.15) is 0 Å². The van der Waals surface area contributed by atoms with Crippen LogP contribution in [0, 0.1) is 0 Å². The molecule has 0 spiro atoms. The fraction of sp³-hybridized carbons (Fsp3) is 0. The molecule has 3 nitrogen and oxygen atoms in total. The minimum absolute atomic E-state index is 0.997. The minimum atomic E-state index is 0.997. The molecule has 0 aliphatic rings. The molecule has 266 valence electrons. The molecular weight excluding hydrogens is 691 g/mol. The van der Waals surface area contributed by atoms with Gasteiger partial charge in [0.15, 0.2) is 0 Å². The molecule has 57 heavy (non-hydrogen) atoms. The van der Waals surface area contributed by atoms with Gasteiger partial charge < -0.3 is 4.90 Å². The highest BCUT2D eigenvalue weighted by atomic mass is 15.1. The van der Waals surface area contributed by atoms with Crippen molar-refractivity contribution in [2.45, 2.75) is 0 Å². The summed E-state index contributed by atoms with van der Waals surface area (Å²) in [6.45, 7) is 0. The Morgan fingerprint density at radius 3 is 1.26 bits per heavy atom. The van der Waals surface area contributed by atoms with Gasteiger partial charge in [0.1, 0.15) is 0 Å². The molecule has 2 heterocycles. The Morgan fingerprint density at radius 1 is 0.263 bits per heavy atom. The quantitative estimate of drug-likeness (QED) is 0.160. The predicted molar refractivity (Wildman–Crippen MR) is 241 cm³/mol. The zero-order chi connectivity index (χ0) is 37.7. The summed E-state index contributed by atoms with van der Waals surface area (Å²) in [7, 11) is 0. The molecule has 0 bridgehead atoms. The molecule has 3 heteroatoms. The van der Waals surface area contributed by atoms with E-state index in [1.165, 1.54) is 43.4 Å². The maximum atomic E-state index is 4.60. The third kappa shape index (κ3) is 6.03. The van der Waals surface area contributed by atoms with E-state index in [0.717, 1.165) is 61.1 Å². The Balaban J connectivity index is 0.981. The van der Waals surface area contributed by atoms with Crippen LogP contribution in [0.5, 0.6) is 0 Å². The monoisotopic (exact) mass is 725 g/mol. The zero-order valence-corrected chi connectivity index (χ0v) is 31.0. The van der Waals surface area contributed by atoms with Gasteiger partial charge in [-0.25, -0.2) is 0 Å². The average molecular weight is 726 g/mol. The molecule has 0 atom stereocenters. The largest absolute Gasteiger partial charge is 0.310 e. The normalized spacial score (nSPS) is 11.5. The van der Waals surface area contributed by atoms with Crippen LogP contribution in [0.4, 0.5) is 17.1 Å². The van der Waals surface area contributed by atoms with Crippen molar-refractivity contribution in [3.05, 3.63) is 213 Å². The topological polar surface area (TPSA) is 29.0 Å². The summed E-state index contributed by atoms with van der Waals surface area (Å²) < 4.78 is 0. The lowest BCUT2D eigenvalue weighted by Gasteiger charge is -2.26. The number of hydrogen-bond donors (Lipinski definition) is 0. The van der Waals surface area contributed by atoms with Crippen molar-refractivity contribution in [2.75, 3.05) is 4.90 Å². The molecule has 11 aromatic rings. The van der Waals surface area contributed by atoms with Gasteiger partial charge in [-0.3, -0.25) is 9.97 Å². The van der Waals surface area contributed by atoms with Gasteiger partial charge in [-0.1, -0.05) is 127 Å². The molecule has 2 aromatic heterocycles. The summed E-state index contributed by atoms with van der Waals surface area (Å²) in [5.74, 6) is 0. The van der Waals surface area contributed by atoms with Crippen molar-refractivity contribution in [2.24, 2.45) is 0 Å². The van der Waals surface area contributed by atoms with Crippen molar-refractivity contribution in [1.29, 1.82) is 0 Å². The molecular formula is C54H35N3. The smallest absolute Gasteiger partial charge is 0.0708 e. The van der Waals surface area contributed by atoms with Crippen LogP contribution in [0.3, 0.4) is 0 Å². The molecule has 0 radical (unpaired) electrons. The number of aromatic nitrogens is 2. The molecule has 0 amide bonds. The first-order chi connectivity index (χ1) is 28.2. The lowest BCUT2D eigenvalue weighted by atomic mass is 9.96. The number of benzene rings is 9. The summed E-state index contributed by atoms with van der Waals surface area (Å²) in [6, 6.07) is 72.4. The van der Waals surface area contributed by atoms with Gasteiger partial charge in [0, 0.05) is 40.2 Å². The Labute approximate surface area is 330 Å². The van der Waals surface area contributed by atoms with Crippen LogP contribution >= 0.6 is 0 Å². The first-order valence-corrected chi connectivity index (χ1v) is 19.4. The fourth-order valence-electron chi connectivity index (χ4n) is 8.29. The van der Waals surface area contributed by atoms with E-state index >= 15 is 0 Å². The molecule has 0 aliphatic heterocycles. The maximum absolute atomic E-state index is 4.60. The van der Waals surface area contributed by atoms with Gasteiger partial charge in [-0.2, -0.15) is 0 Å². The Hall–Kier alpha value is -7.62. The van der Waals surface area contributed by atoms with Crippen molar-refractivity contribution in [3.63, 3.8) is 0 Å². The van der Waals surface area contributed by atoms with Gasteiger partial charge in [0.2, 0.25) is 0 Å². The van der Waals surface area contributed by atoms with Gasteiger partial charge >= 0.3 is 0 Å². The zero-order valence-electron chi connectivity index (χ0n) is 31.0. The van der Waals surface area contributed by atoms with E-state index in [4.69, 9.17) is 0 Å². The van der Waals surface area contributed by atoms with Crippen molar-refractivity contribution < 1.29 is 0 Å². The maximum Gasteiger partial charge on any atom is 0.0708 e. The number of anilines is 3. The van der Waals surface area contributed by atoms with E-state index in [1.54, 1.807) is 0 Å². The van der Waals surface area contributed by atoms with E-state index in [9.17, 15) is 0 Å². The third-order valence-corrected chi connectivity index (χ3v) is 11.3. The molecule has 0 N–H and O–H groups in total. The second-order valence-corrected chi connectivity index (χ2v) is 14.7. The van der Waals surface area contributed by atoms with E-state index < -0.39 is 0 Å². The minimum Gasteiger partial charge on any atom is -0.310 e. The van der Waals surface area contributed by atoms with Crippen LogP contribution in [0.15, 0.2) is 213 Å². The predicted octanol–water partition coefficient (Wildman–Crippen LogP) is 14.7. The molecule has 9 aromatic carbocycles. The number of nitrogens with zero attached hydrogens (tertiary/aromatic N) is 3. The van der Waals surface area contributed by atoms with Crippen LogP contribution in [-0.2, 0) is 0 Å². The van der Waals surface area contributed by atoms with E-state index in [2.05, 4.69) is 203 Å². The third-order valence-electron chi connectivity index (χ3n) is 11.3. The second-order valence-electron chi connectivity index (χ2n) is 14.7. The first kappa shape index (κ1) is 32.8. The summed E-state index contributed by atoms with van der Waals surface area (Å²) in [5.41, 5.74) is 12.3. The Kier molecular flexibility index (Phi) is 7.82. The molecule has 0 saturated heterocycles. The lowest BCUT2D eigenvalue weighted by molar-refractivity contribution is 1.29. The first-order valence-electron chi connectivity index (χ1n) is 19.4. The van der Waals surface area contributed by atoms with E-state index in [1.807, 2.05) is 24.5 Å².